The van der Waals surface area contributed by atoms with Crippen LogP contribution in [0.5, 0.6) is 11.5 Å². The average Bonchev–Trinajstić information content (AvgIpc) is 3.09. The molecule has 0 aliphatic rings. The number of benzene rings is 2. The predicted molar refractivity (Wildman–Crippen MR) is 103 cm³/mol. The molecule has 1 aromatic heterocycles. The number of nitrogens with one attached hydrogen (secondary N) is 1. The second-order valence-corrected chi connectivity index (χ2v) is 5.76. The molecule has 2 aromatic carbocycles. The highest BCUT2D eigenvalue weighted by atomic mass is 16.5. The fourth-order valence-electron chi connectivity index (χ4n) is 2.61. The van der Waals surface area contributed by atoms with Crippen LogP contribution >= 0.6 is 0 Å². The highest BCUT2D eigenvalue weighted by Gasteiger charge is 2.10. The Morgan fingerprint density at radius 3 is 2.73 bits per heavy atom. The minimum absolute atomic E-state index is 0.464. The number of allylic oxidation sites excluding steroid dienone is 1. The van der Waals surface area contributed by atoms with Crippen LogP contribution in [0.1, 0.15) is 31.7 Å². The van der Waals surface area contributed by atoms with Gasteiger partial charge < -0.3 is 14.5 Å². The quantitative estimate of drug-likeness (QED) is 0.622. The molecule has 1 N–H and O–H groups in total. The SMILES string of the molecule is CCCOc1ccc(/C=C(\C#N)c2nc3ccccc3[nH]2)cc1OCC. The molecule has 0 saturated heterocycles. The van der Waals surface area contributed by atoms with Gasteiger partial charge in [0.15, 0.2) is 11.5 Å². The normalized spacial score (nSPS) is 11.3. The number of aromatic amines is 1. The van der Waals surface area contributed by atoms with Crippen LogP contribution in [-0.4, -0.2) is 23.2 Å². The molecule has 0 atom stereocenters. The highest BCUT2D eigenvalue weighted by Crippen LogP contribution is 2.30. The summed E-state index contributed by atoms with van der Waals surface area (Å²) in [5.41, 5.74) is 3.06. The van der Waals surface area contributed by atoms with Crippen LogP contribution in [0.3, 0.4) is 0 Å². The molecule has 5 heteroatoms. The Morgan fingerprint density at radius 1 is 1.15 bits per heavy atom. The molecule has 0 amide bonds. The van der Waals surface area contributed by atoms with Gasteiger partial charge in [-0.25, -0.2) is 4.98 Å². The maximum Gasteiger partial charge on any atom is 0.161 e. The van der Waals surface area contributed by atoms with Crippen molar-refractivity contribution in [3.05, 3.63) is 53.9 Å². The number of hydrogen-bond donors (Lipinski definition) is 1. The van der Waals surface area contributed by atoms with E-state index in [1.54, 1.807) is 6.08 Å². The lowest BCUT2D eigenvalue weighted by molar-refractivity contribution is 0.277. The van der Waals surface area contributed by atoms with E-state index in [0.29, 0.717) is 36.1 Å². The first-order valence-corrected chi connectivity index (χ1v) is 8.71. The van der Waals surface area contributed by atoms with Crippen LogP contribution in [0.25, 0.3) is 22.7 Å². The monoisotopic (exact) mass is 347 g/mol. The van der Waals surface area contributed by atoms with E-state index in [-0.39, 0.29) is 0 Å². The van der Waals surface area contributed by atoms with Crippen LogP contribution in [0.4, 0.5) is 0 Å². The molecule has 0 aliphatic heterocycles. The van der Waals surface area contributed by atoms with Gasteiger partial charge in [0.25, 0.3) is 0 Å². The van der Waals surface area contributed by atoms with Crippen molar-refractivity contribution in [3.63, 3.8) is 0 Å². The van der Waals surface area contributed by atoms with E-state index in [1.165, 1.54) is 0 Å². The fraction of sp³-hybridized carbons (Fsp3) is 0.238. The van der Waals surface area contributed by atoms with Crippen molar-refractivity contribution in [1.29, 1.82) is 5.26 Å². The number of aromatic nitrogens is 2. The Balaban J connectivity index is 1.95. The standard InChI is InChI=1S/C21H21N3O2/c1-3-11-26-19-10-9-15(13-20(19)25-4-2)12-16(14-22)21-23-17-7-5-6-8-18(17)24-21/h5-10,12-13H,3-4,11H2,1-2H3,(H,23,24)/b16-12+. The maximum absolute atomic E-state index is 9.58. The summed E-state index contributed by atoms with van der Waals surface area (Å²) >= 11 is 0. The molecule has 3 aromatic rings. The van der Waals surface area contributed by atoms with Gasteiger partial charge in [-0.05, 0) is 49.2 Å². The third kappa shape index (κ3) is 3.86. The Labute approximate surface area is 152 Å². The van der Waals surface area contributed by atoms with Crippen molar-refractivity contribution < 1.29 is 9.47 Å². The first kappa shape index (κ1) is 17.6. The first-order chi connectivity index (χ1) is 12.7. The zero-order chi connectivity index (χ0) is 18.4. The average molecular weight is 347 g/mol. The summed E-state index contributed by atoms with van der Waals surface area (Å²) in [6.45, 7) is 5.17. The van der Waals surface area contributed by atoms with Crippen LogP contribution in [0.2, 0.25) is 0 Å². The molecule has 0 unspecified atom stereocenters. The molecular weight excluding hydrogens is 326 g/mol. The molecule has 0 radical (unpaired) electrons. The Kier molecular flexibility index (Phi) is 5.55. The molecule has 1 heterocycles. The lowest BCUT2D eigenvalue weighted by Crippen LogP contribution is -2.00. The molecule has 0 saturated carbocycles. The summed E-state index contributed by atoms with van der Waals surface area (Å²) in [5, 5.41) is 9.58. The zero-order valence-corrected chi connectivity index (χ0v) is 15.0. The summed E-state index contributed by atoms with van der Waals surface area (Å²) < 4.78 is 11.4. The van der Waals surface area contributed by atoms with Crippen molar-refractivity contribution in [2.24, 2.45) is 0 Å². The zero-order valence-electron chi connectivity index (χ0n) is 15.0. The molecule has 132 valence electrons. The Bertz CT molecular complexity index is 934. The molecular formula is C21H21N3O2. The van der Waals surface area contributed by atoms with Gasteiger partial charge in [0.1, 0.15) is 11.9 Å². The molecule has 0 aliphatic carbocycles. The topological polar surface area (TPSA) is 70.9 Å². The number of fused-ring (bicyclic) bond motifs is 1. The molecule has 26 heavy (non-hydrogen) atoms. The highest BCUT2D eigenvalue weighted by molar-refractivity contribution is 5.90. The summed E-state index contributed by atoms with van der Waals surface area (Å²) in [6, 6.07) is 15.6. The van der Waals surface area contributed by atoms with Gasteiger partial charge in [-0.1, -0.05) is 25.1 Å². The van der Waals surface area contributed by atoms with Crippen molar-refractivity contribution in [2.45, 2.75) is 20.3 Å². The number of imidazole rings is 1. The van der Waals surface area contributed by atoms with E-state index in [2.05, 4.69) is 23.0 Å². The lowest BCUT2D eigenvalue weighted by atomic mass is 10.1. The van der Waals surface area contributed by atoms with Crippen LogP contribution in [-0.2, 0) is 0 Å². The number of hydrogen-bond acceptors (Lipinski definition) is 4. The van der Waals surface area contributed by atoms with Gasteiger partial charge in [0, 0.05) is 0 Å². The van der Waals surface area contributed by atoms with Crippen molar-refractivity contribution in [1.82, 2.24) is 9.97 Å². The van der Waals surface area contributed by atoms with Gasteiger partial charge in [0.05, 0.1) is 29.8 Å². The molecule has 0 spiro atoms. The minimum atomic E-state index is 0.464. The van der Waals surface area contributed by atoms with E-state index in [4.69, 9.17) is 9.47 Å². The van der Waals surface area contributed by atoms with E-state index in [1.807, 2.05) is 49.4 Å². The van der Waals surface area contributed by atoms with Gasteiger partial charge in [0.2, 0.25) is 0 Å². The molecule has 0 fully saturated rings. The second-order valence-electron chi connectivity index (χ2n) is 5.76. The number of rotatable bonds is 7. The number of ether oxygens (including phenoxy) is 2. The van der Waals surface area contributed by atoms with Crippen molar-refractivity contribution >= 4 is 22.7 Å². The van der Waals surface area contributed by atoms with Crippen molar-refractivity contribution in [3.8, 4) is 17.6 Å². The molecule has 0 bridgehead atoms. The maximum atomic E-state index is 9.58. The van der Waals surface area contributed by atoms with Gasteiger partial charge in [-0.2, -0.15) is 5.26 Å². The van der Waals surface area contributed by atoms with E-state index in [9.17, 15) is 5.26 Å². The number of para-hydroxylation sites is 2. The summed E-state index contributed by atoms with van der Waals surface area (Å²) in [7, 11) is 0. The Hall–Kier alpha value is -3.26. The Morgan fingerprint density at radius 2 is 2.00 bits per heavy atom. The van der Waals surface area contributed by atoms with E-state index < -0.39 is 0 Å². The summed E-state index contributed by atoms with van der Waals surface area (Å²) in [5.74, 6) is 1.95. The van der Waals surface area contributed by atoms with Crippen LogP contribution in [0, 0.1) is 11.3 Å². The first-order valence-electron chi connectivity index (χ1n) is 8.71. The van der Waals surface area contributed by atoms with Crippen LogP contribution < -0.4 is 9.47 Å². The molecule has 5 nitrogen and oxygen atoms in total. The largest absolute Gasteiger partial charge is 0.490 e. The minimum Gasteiger partial charge on any atom is -0.490 e. The third-order valence-electron chi connectivity index (χ3n) is 3.81. The summed E-state index contributed by atoms with van der Waals surface area (Å²) in [6.07, 6.45) is 2.72. The second kappa shape index (κ2) is 8.21. The lowest BCUT2D eigenvalue weighted by Gasteiger charge is -2.12. The van der Waals surface area contributed by atoms with Gasteiger partial charge >= 0.3 is 0 Å². The third-order valence-corrected chi connectivity index (χ3v) is 3.81. The van der Waals surface area contributed by atoms with Crippen LogP contribution in [0.15, 0.2) is 42.5 Å². The van der Waals surface area contributed by atoms with E-state index in [0.717, 1.165) is 23.0 Å². The van der Waals surface area contributed by atoms with Crippen molar-refractivity contribution in [2.75, 3.05) is 13.2 Å². The smallest absolute Gasteiger partial charge is 0.161 e. The number of nitriles is 1. The van der Waals surface area contributed by atoms with E-state index >= 15 is 0 Å². The predicted octanol–water partition coefficient (Wildman–Crippen LogP) is 4.81. The van der Waals surface area contributed by atoms with Gasteiger partial charge in [-0.3, -0.25) is 0 Å². The summed E-state index contributed by atoms with van der Waals surface area (Å²) in [4.78, 5) is 7.68. The number of H-pyrrole nitrogens is 1. The molecule has 3 rings (SSSR count). The number of nitrogens with zero attached hydrogens (tertiary/aromatic N) is 2. The fourth-order valence-corrected chi connectivity index (χ4v) is 2.61. The van der Waals surface area contributed by atoms with Gasteiger partial charge in [-0.15, -0.1) is 0 Å².